The number of nitrogens with zero attached hydrogens (tertiary/aromatic N) is 7. The van der Waals surface area contributed by atoms with Crippen molar-refractivity contribution in [2.45, 2.75) is 6.17 Å². The van der Waals surface area contributed by atoms with Crippen LogP contribution in [0.15, 0.2) is 55.2 Å². The number of rotatable bonds is 6. The third-order valence-corrected chi connectivity index (χ3v) is 5.85. The summed E-state index contributed by atoms with van der Waals surface area (Å²) in [6.07, 6.45) is 7.03. The zero-order valence-corrected chi connectivity index (χ0v) is 18.0. The smallest absolute Gasteiger partial charge is 0.316 e. The van der Waals surface area contributed by atoms with Crippen LogP contribution >= 0.6 is 0 Å². The van der Waals surface area contributed by atoms with Crippen LogP contribution in [0.1, 0.15) is 6.17 Å². The highest BCUT2D eigenvalue weighted by atomic mass is 19.1. The SMILES string of the molecule is COc1ncc(-c2cc(F)ccc2N2CCN(C(C=O)n3cnc4cccnc43)CC2)cn1. The van der Waals surface area contributed by atoms with E-state index in [1.807, 2.05) is 12.1 Å². The van der Waals surface area contributed by atoms with Crippen molar-refractivity contribution in [1.82, 2.24) is 29.4 Å². The Hall–Kier alpha value is -3.92. The summed E-state index contributed by atoms with van der Waals surface area (Å²) in [5.41, 5.74) is 3.73. The summed E-state index contributed by atoms with van der Waals surface area (Å²) < 4.78 is 20.9. The minimum absolute atomic E-state index is 0.256. The van der Waals surface area contributed by atoms with Gasteiger partial charge in [-0.15, -0.1) is 0 Å². The quantitative estimate of drug-likeness (QED) is 0.417. The van der Waals surface area contributed by atoms with Crippen LogP contribution in [0.2, 0.25) is 0 Å². The fourth-order valence-corrected chi connectivity index (χ4v) is 4.19. The first kappa shape index (κ1) is 21.0. The number of aldehydes is 1. The lowest BCUT2D eigenvalue weighted by atomic mass is 10.0. The van der Waals surface area contributed by atoms with E-state index in [4.69, 9.17) is 4.74 Å². The Bertz CT molecular complexity index is 1270. The minimum atomic E-state index is -0.491. The predicted octanol–water partition coefficient (Wildman–Crippen LogP) is 2.56. The van der Waals surface area contributed by atoms with E-state index in [9.17, 15) is 9.18 Å². The average molecular weight is 447 g/mol. The number of halogens is 1. The van der Waals surface area contributed by atoms with E-state index in [0.717, 1.165) is 17.5 Å². The number of piperazine rings is 1. The van der Waals surface area contributed by atoms with Gasteiger partial charge < -0.3 is 9.64 Å². The number of methoxy groups -OCH3 is 1. The van der Waals surface area contributed by atoms with Crippen molar-refractivity contribution in [3.63, 3.8) is 0 Å². The number of carbonyl (C=O) groups is 1. The molecule has 0 radical (unpaired) electrons. The molecule has 1 aliphatic heterocycles. The number of imidazole rings is 1. The second-order valence-corrected chi connectivity index (χ2v) is 7.69. The molecule has 1 saturated heterocycles. The summed E-state index contributed by atoms with van der Waals surface area (Å²) in [6.45, 7) is 2.62. The van der Waals surface area contributed by atoms with Crippen LogP contribution in [0.3, 0.4) is 0 Å². The summed E-state index contributed by atoms with van der Waals surface area (Å²) in [7, 11) is 1.50. The van der Waals surface area contributed by atoms with Gasteiger partial charge in [-0.2, -0.15) is 0 Å². The fourth-order valence-electron chi connectivity index (χ4n) is 4.19. The topological polar surface area (TPSA) is 89.3 Å². The summed E-state index contributed by atoms with van der Waals surface area (Å²) in [5.74, 6) is -0.330. The zero-order valence-electron chi connectivity index (χ0n) is 18.0. The molecule has 1 fully saturated rings. The Morgan fingerprint density at radius 3 is 2.58 bits per heavy atom. The molecule has 1 aliphatic rings. The van der Waals surface area contributed by atoms with Gasteiger partial charge in [-0.05, 0) is 30.3 Å². The maximum atomic E-state index is 14.1. The number of anilines is 1. The Kier molecular flexibility index (Phi) is 5.66. The summed E-state index contributed by atoms with van der Waals surface area (Å²) in [5, 5.41) is 0. The Labute approximate surface area is 189 Å². The molecule has 5 rings (SSSR count). The van der Waals surface area contributed by atoms with Gasteiger partial charge in [-0.1, -0.05) is 0 Å². The van der Waals surface area contributed by atoms with Gasteiger partial charge in [0.25, 0.3) is 0 Å². The first-order valence-corrected chi connectivity index (χ1v) is 10.6. The van der Waals surface area contributed by atoms with E-state index in [2.05, 4.69) is 29.7 Å². The maximum Gasteiger partial charge on any atom is 0.316 e. The largest absolute Gasteiger partial charge is 0.467 e. The van der Waals surface area contributed by atoms with E-state index < -0.39 is 6.17 Å². The van der Waals surface area contributed by atoms with Crippen LogP contribution in [0.4, 0.5) is 10.1 Å². The molecule has 4 aromatic rings. The van der Waals surface area contributed by atoms with Gasteiger partial charge in [0, 0.05) is 61.6 Å². The van der Waals surface area contributed by atoms with Crippen LogP contribution in [0.25, 0.3) is 22.3 Å². The summed E-state index contributed by atoms with van der Waals surface area (Å²) in [4.78, 5) is 33.4. The van der Waals surface area contributed by atoms with Crippen LogP contribution in [-0.4, -0.2) is 69.0 Å². The lowest BCUT2D eigenvalue weighted by molar-refractivity contribution is -0.115. The van der Waals surface area contributed by atoms with Crippen molar-refractivity contribution >= 4 is 23.1 Å². The fraction of sp³-hybridized carbons (Fsp3) is 0.261. The van der Waals surface area contributed by atoms with Crippen LogP contribution in [-0.2, 0) is 4.79 Å². The molecule has 1 aromatic carbocycles. The molecule has 10 heteroatoms. The van der Waals surface area contributed by atoms with E-state index in [-0.39, 0.29) is 11.8 Å². The van der Waals surface area contributed by atoms with Gasteiger partial charge in [-0.25, -0.2) is 24.3 Å². The molecule has 1 unspecified atom stereocenters. The van der Waals surface area contributed by atoms with Gasteiger partial charge in [0.1, 0.15) is 17.5 Å². The minimum Gasteiger partial charge on any atom is -0.467 e. The maximum absolute atomic E-state index is 14.1. The van der Waals surface area contributed by atoms with Gasteiger partial charge in [0.2, 0.25) is 0 Å². The number of aromatic nitrogens is 5. The van der Waals surface area contributed by atoms with Gasteiger partial charge in [0.15, 0.2) is 11.9 Å². The van der Waals surface area contributed by atoms with E-state index >= 15 is 0 Å². The standard InChI is InChI=1S/C23H22FN7O2/c1-33-23-26-12-16(13-27-23)18-11-17(24)4-5-20(18)29-7-9-30(10-8-29)21(14-32)31-15-28-19-3-2-6-25-22(19)31/h2-6,11-15,21H,7-10H2,1H3. The molecule has 0 bridgehead atoms. The molecule has 0 aliphatic carbocycles. The molecular weight excluding hydrogens is 425 g/mol. The molecule has 4 heterocycles. The molecule has 0 N–H and O–H groups in total. The van der Waals surface area contributed by atoms with Crippen molar-refractivity contribution in [2.24, 2.45) is 0 Å². The number of fused-ring (bicyclic) bond motifs is 1. The van der Waals surface area contributed by atoms with Crippen molar-refractivity contribution in [3.8, 4) is 17.1 Å². The Morgan fingerprint density at radius 2 is 1.85 bits per heavy atom. The Morgan fingerprint density at radius 1 is 1.06 bits per heavy atom. The molecule has 0 spiro atoms. The van der Waals surface area contributed by atoms with Gasteiger partial charge in [-0.3, -0.25) is 14.3 Å². The lowest BCUT2D eigenvalue weighted by Crippen LogP contribution is -2.49. The van der Waals surface area contributed by atoms with E-state index in [0.29, 0.717) is 43.0 Å². The predicted molar refractivity (Wildman–Crippen MR) is 120 cm³/mol. The summed E-state index contributed by atoms with van der Waals surface area (Å²) >= 11 is 0. The molecule has 9 nitrogen and oxygen atoms in total. The molecule has 3 aromatic heterocycles. The zero-order chi connectivity index (χ0) is 22.8. The number of carbonyl (C=O) groups excluding carboxylic acids is 1. The highest BCUT2D eigenvalue weighted by molar-refractivity contribution is 5.78. The van der Waals surface area contributed by atoms with Crippen molar-refractivity contribution in [2.75, 3.05) is 38.2 Å². The van der Waals surface area contributed by atoms with Crippen molar-refractivity contribution in [3.05, 3.63) is 61.1 Å². The molecule has 1 atom stereocenters. The van der Waals surface area contributed by atoms with E-state index in [1.165, 1.54) is 19.2 Å². The number of hydrogen-bond donors (Lipinski definition) is 0. The van der Waals surface area contributed by atoms with Crippen molar-refractivity contribution < 1.29 is 13.9 Å². The normalized spacial score (nSPS) is 15.5. The monoisotopic (exact) mass is 447 g/mol. The highest BCUT2D eigenvalue weighted by Crippen LogP contribution is 2.32. The van der Waals surface area contributed by atoms with Crippen LogP contribution < -0.4 is 9.64 Å². The lowest BCUT2D eigenvalue weighted by Gasteiger charge is -2.39. The second kappa shape index (κ2) is 8.91. The summed E-state index contributed by atoms with van der Waals surface area (Å²) in [6, 6.07) is 8.67. The molecule has 0 saturated carbocycles. The molecule has 33 heavy (non-hydrogen) atoms. The Balaban J connectivity index is 1.37. The third kappa shape index (κ3) is 4.00. The average Bonchev–Trinajstić information content (AvgIpc) is 3.29. The highest BCUT2D eigenvalue weighted by Gasteiger charge is 2.27. The molecular formula is C23H22FN7O2. The third-order valence-electron chi connectivity index (χ3n) is 5.85. The van der Waals surface area contributed by atoms with Gasteiger partial charge in [0.05, 0.1) is 13.4 Å². The van der Waals surface area contributed by atoms with E-state index in [1.54, 1.807) is 35.6 Å². The number of hydrogen-bond acceptors (Lipinski definition) is 8. The number of ether oxygens (including phenoxy) is 1. The van der Waals surface area contributed by atoms with Crippen molar-refractivity contribution in [1.29, 1.82) is 0 Å². The number of benzene rings is 1. The molecule has 168 valence electrons. The van der Waals surface area contributed by atoms with Crippen LogP contribution in [0.5, 0.6) is 6.01 Å². The first-order chi connectivity index (χ1) is 16.2. The first-order valence-electron chi connectivity index (χ1n) is 10.6. The van der Waals surface area contributed by atoms with Crippen LogP contribution in [0, 0.1) is 5.82 Å². The van der Waals surface area contributed by atoms with Gasteiger partial charge >= 0.3 is 6.01 Å². The number of pyridine rings is 1. The second-order valence-electron chi connectivity index (χ2n) is 7.69. The molecule has 0 amide bonds.